The minimum absolute atomic E-state index is 0.121. The van der Waals surface area contributed by atoms with E-state index in [0.717, 1.165) is 0 Å². The van der Waals surface area contributed by atoms with Gasteiger partial charge in [-0.3, -0.25) is 10.1 Å². The number of para-hydroxylation sites is 1. The molecule has 100 valence electrons. The lowest BCUT2D eigenvalue weighted by Gasteiger charge is -2.13. The van der Waals surface area contributed by atoms with Crippen molar-refractivity contribution in [1.82, 2.24) is 15.5 Å². The molecule has 1 aromatic carbocycles. The molecule has 7 heteroatoms. The molecule has 0 bridgehead atoms. The van der Waals surface area contributed by atoms with Crippen LogP contribution in [-0.2, 0) is 6.42 Å². The van der Waals surface area contributed by atoms with Crippen LogP contribution in [0, 0.1) is 10.1 Å². The third kappa shape index (κ3) is 3.35. The number of benzene rings is 1. The van der Waals surface area contributed by atoms with Crippen LogP contribution in [0.15, 0.2) is 35.1 Å². The third-order valence-electron chi connectivity index (χ3n) is 2.80. The molecule has 1 unspecified atom stereocenters. The minimum atomic E-state index is -0.370. The van der Waals surface area contributed by atoms with E-state index in [-0.39, 0.29) is 16.7 Å². The second kappa shape index (κ2) is 6.05. The number of nitrogens with zero attached hydrogens (tertiary/aromatic N) is 3. The first-order valence-electron chi connectivity index (χ1n) is 5.90. The quantitative estimate of drug-likeness (QED) is 0.630. The number of nitrogens with one attached hydrogen (secondary N) is 1. The van der Waals surface area contributed by atoms with E-state index < -0.39 is 0 Å². The molecule has 1 heterocycles. The van der Waals surface area contributed by atoms with E-state index in [1.54, 1.807) is 18.2 Å². The average Bonchev–Trinajstić information content (AvgIpc) is 2.91. The van der Waals surface area contributed by atoms with Gasteiger partial charge in [0.15, 0.2) is 6.33 Å². The summed E-state index contributed by atoms with van der Waals surface area (Å²) in [5.74, 6) is 0.544. The van der Waals surface area contributed by atoms with E-state index in [0.29, 0.717) is 24.4 Å². The molecule has 0 saturated carbocycles. The number of aromatic nitrogens is 2. The van der Waals surface area contributed by atoms with Crippen molar-refractivity contribution in [1.29, 1.82) is 0 Å². The number of hydrogen-bond acceptors (Lipinski definition) is 6. The molecule has 19 heavy (non-hydrogen) atoms. The highest BCUT2D eigenvalue weighted by Crippen LogP contribution is 2.24. The lowest BCUT2D eigenvalue weighted by atomic mass is 10.1. The van der Waals surface area contributed by atoms with E-state index in [2.05, 4.69) is 15.5 Å². The van der Waals surface area contributed by atoms with Crippen molar-refractivity contribution in [2.45, 2.75) is 19.4 Å². The second-order valence-corrected chi connectivity index (χ2v) is 4.08. The smallest absolute Gasteiger partial charge is 0.274 e. The van der Waals surface area contributed by atoms with E-state index >= 15 is 0 Å². The zero-order valence-electron chi connectivity index (χ0n) is 10.4. The zero-order valence-corrected chi connectivity index (χ0v) is 10.4. The Labute approximate surface area is 109 Å². The SMILES string of the molecule is CC(NCCc1ncno1)c1ccccc1[N+](=O)[O-]. The van der Waals surface area contributed by atoms with Crippen LogP contribution in [0.1, 0.15) is 24.4 Å². The summed E-state index contributed by atoms with van der Waals surface area (Å²) < 4.78 is 4.87. The summed E-state index contributed by atoms with van der Waals surface area (Å²) in [6.45, 7) is 2.49. The average molecular weight is 262 g/mol. The number of nitro groups is 1. The van der Waals surface area contributed by atoms with Gasteiger partial charge in [0.2, 0.25) is 5.89 Å². The van der Waals surface area contributed by atoms with Crippen molar-refractivity contribution in [2.75, 3.05) is 6.54 Å². The van der Waals surface area contributed by atoms with Gasteiger partial charge in [-0.15, -0.1) is 0 Å². The fourth-order valence-corrected chi connectivity index (χ4v) is 1.83. The van der Waals surface area contributed by atoms with E-state index in [4.69, 9.17) is 4.52 Å². The Bertz CT molecular complexity index is 542. The van der Waals surface area contributed by atoms with Crippen molar-refractivity contribution in [3.05, 3.63) is 52.2 Å². The fraction of sp³-hybridized carbons (Fsp3) is 0.333. The maximum Gasteiger partial charge on any atom is 0.274 e. The Balaban J connectivity index is 1.96. The highest BCUT2D eigenvalue weighted by molar-refractivity contribution is 5.41. The molecule has 0 spiro atoms. The molecular weight excluding hydrogens is 248 g/mol. The van der Waals surface area contributed by atoms with Crippen LogP contribution in [0.25, 0.3) is 0 Å². The Morgan fingerprint density at radius 1 is 1.47 bits per heavy atom. The summed E-state index contributed by atoms with van der Waals surface area (Å²) in [5, 5.41) is 17.6. The zero-order chi connectivity index (χ0) is 13.7. The van der Waals surface area contributed by atoms with Gasteiger partial charge in [0, 0.05) is 30.6 Å². The van der Waals surface area contributed by atoms with Crippen LogP contribution in [0.2, 0.25) is 0 Å². The summed E-state index contributed by atoms with van der Waals surface area (Å²) in [4.78, 5) is 14.5. The Hall–Kier alpha value is -2.28. The Morgan fingerprint density at radius 2 is 2.26 bits per heavy atom. The molecule has 2 aromatic rings. The van der Waals surface area contributed by atoms with Gasteiger partial charge in [0.1, 0.15) is 0 Å². The molecule has 1 N–H and O–H groups in total. The number of nitro benzene ring substituents is 1. The highest BCUT2D eigenvalue weighted by Gasteiger charge is 2.17. The molecule has 0 amide bonds. The lowest BCUT2D eigenvalue weighted by Crippen LogP contribution is -2.22. The Kier molecular flexibility index (Phi) is 4.19. The summed E-state index contributed by atoms with van der Waals surface area (Å²) in [6, 6.07) is 6.59. The van der Waals surface area contributed by atoms with Crippen LogP contribution >= 0.6 is 0 Å². The first-order valence-corrected chi connectivity index (χ1v) is 5.90. The first-order chi connectivity index (χ1) is 9.18. The van der Waals surface area contributed by atoms with Gasteiger partial charge >= 0.3 is 0 Å². The van der Waals surface area contributed by atoms with Crippen molar-refractivity contribution in [2.24, 2.45) is 0 Å². The summed E-state index contributed by atoms with van der Waals surface area (Å²) in [7, 11) is 0. The minimum Gasteiger partial charge on any atom is -0.340 e. The molecule has 1 aromatic heterocycles. The monoisotopic (exact) mass is 262 g/mol. The van der Waals surface area contributed by atoms with Crippen LogP contribution in [-0.4, -0.2) is 21.6 Å². The summed E-state index contributed by atoms with van der Waals surface area (Å²) in [6.07, 6.45) is 1.94. The molecule has 0 aliphatic rings. The number of hydrogen-bond donors (Lipinski definition) is 1. The first kappa shape index (κ1) is 13.2. The topological polar surface area (TPSA) is 94.1 Å². The van der Waals surface area contributed by atoms with Crippen LogP contribution < -0.4 is 5.32 Å². The van der Waals surface area contributed by atoms with Gasteiger partial charge in [0.05, 0.1) is 4.92 Å². The molecule has 0 saturated heterocycles. The van der Waals surface area contributed by atoms with Crippen LogP contribution in [0.5, 0.6) is 0 Å². The standard InChI is InChI=1S/C12H14N4O3/c1-9(13-7-6-12-14-8-15-19-12)10-4-2-3-5-11(10)16(17)18/h2-5,8-9,13H,6-7H2,1H3. The van der Waals surface area contributed by atoms with Crippen LogP contribution in [0.3, 0.4) is 0 Å². The van der Waals surface area contributed by atoms with E-state index in [1.807, 2.05) is 6.92 Å². The molecule has 0 aliphatic carbocycles. The van der Waals surface area contributed by atoms with Gasteiger partial charge in [-0.25, -0.2) is 0 Å². The molecular formula is C12H14N4O3. The van der Waals surface area contributed by atoms with Crippen molar-refractivity contribution in [3.63, 3.8) is 0 Å². The van der Waals surface area contributed by atoms with Crippen LogP contribution in [0.4, 0.5) is 5.69 Å². The highest BCUT2D eigenvalue weighted by atomic mass is 16.6. The van der Waals surface area contributed by atoms with Gasteiger partial charge in [-0.2, -0.15) is 4.98 Å². The fourth-order valence-electron chi connectivity index (χ4n) is 1.83. The molecule has 0 aliphatic heterocycles. The number of rotatable bonds is 6. The van der Waals surface area contributed by atoms with E-state index in [9.17, 15) is 10.1 Å². The molecule has 7 nitrogen and oxygen atoms in total. The summed E-state index contributed by atoms with van der Waals surface area (Å²) >= 11 is 0. The predicted octanol–water partition coefficient (Wildman–Crippen LogP) is 1.87. The van der Waals surface area contributed by atoms with Gasteiger partial charge < -0.3 is 9.84 Å². The van der Waals surface area contributed by atoms with Gasteiger partial charge in [0.25, 0.3) is 5.69 Å². The second-order valence-electron chi connectivity index (χ2n) is 4.08. The van der Waals surface area contributed by atoms with Gasteiger partial charge in [-0.05, 0) is 6.92 Å². The van der Waals surface area contributed by atoms with Gasteiger partial charge in [-0.1, -0.05) is 23.4 Å². The largest absolute Gasteiger partial charge is 0.340 e. The predicted molar refractivity (Wildman–Crippen MR) is 67.5 cm³/mol. The van der Waals surface area contributed by atoms with Crippen molar-refractivity contribution in [3.8, 4) is 0 Å². The lowest BCUT2D eigenvalue weighted by molar-refractivity contribution is -0.385. The maximum absolute atomic E-state index is 10.9. The third-order valence-corrected chi connectivity index (χ3v) is 2.80. The van der Waals surface area contributed by atoms with Crippen molar-refractivity contribution >= 4 is 5.69 Å². The molecule has 0 fully saturated rings. The molecule has 1 atom stereocenters. The maximum atomic E-state index is 10.9. The van der Waals surface area contributed by atoms with Crippen molar-refractivity contribution < 1.29 is 9.45 Å². The van der Waals surface area contributed by atoms with E-state index in [1.165, 1.54) is 12.4 Å². The summed E-state index contributed by atoms with van der Waals surface area (Å²) in [5.41, 5.74) is 0.790. The Morgan fingerprint density at radius 3 is 2.95 bits per heavy atom. The molecule has 0 radical (unpaired) electrons. The normalized spacial score (nSPS) is 12.3. The molecule has 2 rings (SSSR count).